The molecule has 5 saturated carbocycles. The molecule has 1 heteroatoms. The molecule has 0 aromatic rings. The first-order valence-electron chi connectivity index (χ1n) is 8.47. The molecule has 0 aromatic heterocycles. The fraction of sp³-hybridized carbons (Fsp3) is 0.833. The van der Waals surface area contributed by atoms with Crippen molar-refractivity contribution in [1.82, 2.24) is 0 Å². The van der Waals surface area contributed by atoms with E-state index < -0.39 is 0 Å². The van der Waals surface area contributed by atoms with Crippen LogP contribution in [0.4, 0.5) is 0 Å². The Labute approximate surface area is 116 Å². The molecule has 0 heterocycles. The van der Waals surface area contributed by atoms with Crippen LogP contribution in [0, 0.1) is 23.2 Å². The molecular weight excluding hydrogens is 232 g/mol. The molecule has 19 heavy (non-hydrogen) atoms. The third kappa shape index (κ3) is 2.10. The molecular formula is C18H26O. The van der Waals surface area contributed by atoms with Crippen molar-refractivity contribution in [1.29, 1.82) is 0 Å². The van der Waals surface area contributed by atoms with Crippen LogP contribution in [0.15, 0.2) is 11.6 Å². The van der Waals surface area contributed by atoms with E-state index in [4.69, 9.17) is 0 Å². The van der Waals surface area contributed by atoms with Crippen LogP contribution in [-0.4, -0.2) is 5.78 Å². The molecule has 0 unspecified atom stereocenters. The largest absolute Gasteiger partial charge is 0.294 e. The van der Waals surface area contributed by atoms with Gasteiger partial charge in [0.1, 0.15) is 0 Å². The zero-order chi connectivity index (χ0) is 12.9. The SMILES string of the molecule is O=C(C=C1CCCCC1)C12CC3CC(CC(C3)C1)C2. The van der Waals surface area contributed by atoms with Crippen molar-refractivity contribution in [2.75, 3.05) is 0 Å². The van der Waals surface area contributed by atoms with E-state index in [0.717, 1.165) is 17.8 Å². The summed E-state index contributed by atoms with van der Waals surface area (Å²) in [7, 11) is 0. The Bertz CT molecular complexity index is 374. The Balaban J connectivity index is 1.56. The van der Waals surface area contributed by atoms with Crippen molar-refractivity contribution in [2.45, 2.75) is 70.6 Å². The molecule has 0 aliphatic heterocycles. The van der Waals surface area contributed by atoms with Gasteiger partial charge in [0.15, 0.2) is 5.78 Å². The normalized spacial score (nSPS) is 44.4. The van der Waals surface area contributed by atoms with E-state index in [1.54, 1.807) is 0 Å². The van der Waals surface area contributed by atoms with E-state index >= 15 is 0 Å². The molecule has 0 atom stereocenters. The van der Waals surface area contributed by atoms with Gasteiger partial charge in [0.25, 0.3) is 0 Å². The predicted molar refractivity (Wildman–Crippen MR) is 76.8 cm³/mol. The van der Waals surface area contributed by atoms with Crippen molar-refractivity contribution in [3.05, 3.63) is 11.6 Å². The predicted octanol–water partition coefficient (Wildman–Crippen LogP) is 4.66. The Morgan fingerprint density at radius 1 is 0.895 bits per heavy atom. The number of hydrogen-bond acceptors (Lipinski definition) is 1. The molecule has 0 saturated heterocycles. The molecule has 4 bridgehead atoms. The first kappa shape index (κ1) is 12.2. The van der Waals surface area contributed by atoms with Gasteiger partial charge in [-0.1, -0.05) is 12.0 Å². The Hall–Kier alpha value is -0.590. The number of rotatable bonds is 2. The molecule has 0 spiro atoms. The average Bonchev–Trinajstić information content (AvgIpc) is 2.38. The van der Waals surface area contributed by atoms with Crippen molar-refractivity contribution in [2.24, 2.45) is 23.2 Å². The van der Waals surface area contributed by atoms with E-state index in [9.17, 15) is 4.79 Å². The molecule has 5 rings (SSSR count). The first-order chi connectivity index (χ1) is 9.23. The lowest BCUT2D eigenvalue weighted by Gasteiger charge is -2.55. The zero-order valence-electron chi connectivity index (χ0n) is 12.0. The summed E-state index contributed by atoms with van der Waals surface area (Å²) in [6.07, 6.45) is 16.4. The molecule has 5 aliphatic carbocycles. The number of allylic oxidation sites excluding steroid dienone is 2. The lowest BCUT2D eigenvalue weighted by molar-refractivity contribution is -0.138. The van der Waals surface area contributed by atoms with Crippen molar-refractivity contribution in [3.8, 4) is 0 Å². The third-order valence-electron chi connectivity index (χ3n) is 6.39. The van der Waals surface area contributed by atoms with Crippen LogP contribution in [0.2, 0.25) is 0 Å². The van der Waals surface area contributed by atoms with Crippen LogP contribution in [0.5, 0.6) is 0 Å². The maximum Gasteiger partial charge on any atom is 0.161 e. The zero-order valence-corrected chi connectivity index (χ0v) is 12.0. The highest BCUT2D eigenvalue weighted by Gasteiger charge is 2.53. The monoisotopic (exact) mass is 258 g/mol. The van der Waals surface area contributed by atoms with Gasteiger partial charge in [-0.05, 0) is 88.0 Å². The van der Waals surface area contributed by atoms with Gasteiger partial charge in [0.2, 0.25) is 0 Å². The second-order valence-electron chi connectivity index (χ2n) is 7.93. The van der Waals surface area contributed by atoms with Gasteiger partial charge in [0.05, 0.1) is 0 Å². The average molecular weight is 258 g/mol. The molecule has 1 nitrogen and oxygen atoms in total. The number of hydrogen-bond donors (Lipinski definition) is 0. The molecule has 5 aliphatic rings. The van der Waals surface area contributed by atoms with Gasteiger partial charge in [-0.2, -0.15) is 0 Å². The van der Waals surface area contributed by atoms with Crippen molar-refractivity contribution < 1.29 is 4.79 Å². The van der Waals surface area contributed by atoms with Gasteiger partial charge < -0.3 is 0 Å². The summed E-state index contributed by atoms with van der Waals surface area (Å²) in [5.74, 6) is 3.20. The molecule has 0 amide bonds. The van der Waals surface area contributed by atoms with Crippen molar-refractivity contribution >= 4 is 5.78 Å². The first-order valence-corrected chi connectivity index (χ1v) is 8.47. The number of carbonyl (C=O) groups is 1. The number of carbonyl (C=O) groups excluding carboxylic acids is 1. The number of ketones is 1. The Kier molecular flexibility index (Phi) is 2.86. The van der Waals surface area contributed by atoms with Crippen LogP contribution >= 0.6 is 0 Å². The minimum atomic E-state index is 0.0964. The standard InChI is InChI=1S/C18H26O/c19-17(9-13-4-2-1-3-5-13)18-10-14-6-15(11-18)8-16(7-14)12-18/h9,14-16H,1-8,10-12H2. The Morgan fingerprint density at radius 3 is 1.95 bits per heavy atom. The van der Waals surface area contributed by atoms with E-state index in [0.29, 0.717) is 5.78 Å². The molecule has 104 valence electrons. The van der Waals surface area contributed by atoms with Gasteiger partial charge >= 0.3 is 0 Å². The van der Waals surface area contributed by atoms with Crippen LogP contribution in [0.3, 0.4) is 0 Å². The lowest BCUT2D eigenvalue weighted by Crippen LogP contribution is -2.49. The second-order valence-corrected chi connectivity index (χ2v) is 7.93. The summed E-state index contributed by atoms with van der Waals surface area (Å²) >= 11 is 0. The van der Waals surface area contributed by atoms with Gasteiger partial charge in [-0.15, -0.1) is 0 Å². The quantitative estimate of drug-likeness (QED) is 0.658. The van der Waals surface area contributed by atoms with E-state index in [1.165, 1.54) is 76.2 Å². The molecule has 5 fully saturated rings. The molecule has 0 radical (unpaired) electrons. The van der Waals surface area contributed by atoms with E-state index in [1.807, 2.05) is 0 Å². The maximum atomic E-state index is 12.9. The summed E-state index contributed by atoms with van der Waals surface area (Å²) in [6.45, 7) is 0. The fourth-order valence-corrected chi connectivity index (χ4v) is 5.90. The van der Waals surface area contributed by atoms with Crippen LogP contribution in [0.25, 0.3) is 0 Å². The molecule has 0 N–H and O–H groups in total. The topological polar surface area (TPSA) is 17.1 Å². The highest BCUT2D eigenvalue weighted by Crippen LogP contribution is 2.60. The van der Waals surface area contributed by atoms with Gasteiger partial charge in [-0.25, -0.2) is 0 Å². The maximum absolute atomic E-state index is 12.9. The highest BCUT2D eigenvalue weighted by molar-refractivity contribution is 5.95. The van der Waals surface area contributed by atoms with Crippen LogP contribution in [-0.2, 0) is 4.79 Å². The fourth-order valence-electron chi connectivity index (χ4n) is 5.90. The molecule has 0 aromatic carbocycles. The smallest absolute Gasteiger partial charge is 0.161 e. The van der Waals surface area contributed by atoms with Crippen molar-refractivity contribution in [3.63, 3.8) is 0 Å². The summed E-state index contributed by atoms with van der Waals surface area (Å²) in [6, 6.07) is 0. The summed E-state index contributed by atoms with van der Waals surface area (Å²) in [5.41, 5.74) is 1.56. The lowest BCUT2D eigenvalue weighted by atomic mass is 9.48. The van der Waals surface area contributed by atoms with Gasteiger partial charge in [-0.3, -0.25) is 4.79 Å². The summed E-state index contributed by atoms with van der Waals surface area (Å²) in [4.78, 5) is 12.9. The van der Waals surface area contributed by atoms with E-state index in [2.05, 4.69) is 6.08 Å². The second kappa shape index (κ2) is 4.46. The van der Waals surface area contributed by atoms with Gasteiger partial charge in [0, 0.05) is 5.41 Å². The Morgan fingerprint density at radius 2 is 1.42 bits per heavy atom. The summed E-state index contributed by atoms with van der Waals surface area (Å²) in [5, 5.41) is 0. The highest BCUT2D eigenvalue weighted by atomic mass is 16.1. The minimum absolute atomic E-state index is 0.0964. The van der Waals surface area contributed by atoms with Crippen LogP contribution < -0.4 is 0 Å². The minimum Gasteiger partial charge on any atom is -0.294 e. The van der Waals surface area contributed by atoms with E-state index in [-0.39, 0.29) is 5.41 Å². The van der Waals surface area contributed by atoms with Crippen LogP contribution in [0.1, 0.15) is 70.6 Å². The third-order valence-corrected chi connectivity index (χ3v) is 6.39. The summed E-state index contributed by atoms with van der Waals surface area (Å²) < 4.78 is 0.